The van der Waals surface area contributed by atoms with Gasteiger partial charge in [0.05, 0.1) is 5.92 Å². The highest BCUT2D eigenvalue weighted by Crippen LogP contribution is 2.28. The van der Waals surface area contributed by atoms with Crippen molar-refractivity contribution in [2.24, 2.45) is 5.92 Å². The van der Waals surface area contributed by atoms with E-state index < -0.39 is 5.82 Å². The molecule has 1 atom stereocenters. The monoisotopic (exact) mass is 376 g/mol. The highest BCUT2D eigenvalue weighted by Gasteiger charge is 2.27. The number of ether oxygens (including phenoxy) is 2. The minimum absolute atomic E-state index is 0.227. The van der Waals surface area contributed by atoms with Crippen LogP contribution in [0.2, 0.25) is 0 Å². The molecular formula is C23H17FO4. The maximum absolute atomic E-state index is 13.0. The van der Waals surface area contributed by atoms with Crippen LogP contribution in [0.15, 0.2) is 72.8 Å². The van der Waals surface area contributed by atoms with Gasteiger partial charge in [0.1, 0.15) is 23.9 Å². The molecule has 1 aliphatic rings. The van der Waals surface area contributed by atoms with Gasteiger partial charge >= 0.3 is 5.97 Å². The van der Waals surface area contributed by atoms with Crippen molar-refractivity contribution in [1.29, 1.82) is 0 Å². The van der Waals surface area contributed by atoms with Gasteiger partial charge in [0.2, 0.25) is 0 Å². The Labute approximate surface area is 161 Å². The average molecular weight is 376 g/mol. The molecule has 5 heteroatoms. The zero-order valence-electron chi connectivity index (χ0n) is 14.9. The van der Waals surface area contributed by atoms with E-state index in [1.807, 2.05) is 24.3 Å². The molecule has 0 N–H and O–H groups in total. The molecule has 140 valence electrons. The van der Waals surface area contributed by atoms with Gasteiger partial charge < -0.3 is 9.47 Å². The average Bonchev–Trinajstić information content (AvgIpc) is 2.74. The molecule has 1 heterocycles. The number of benzene rings is 3. The molecular weight excluding hydrogens is 359 g/mol. The molecule has 3 aromatic rings. The molecule has 0 aliphatic carbocycles. The largest absolute Gasteiger partial charge is 0.492 e. The number of halogens is 1. The Bertz CT molecular complexity index is 1010. The third kappa shape index (κ3) is 3.78. The van der Waals surface area contributed by atoms with Crippen molar-refractivity contribution in [2.45, 2.75) is 6.42 Å². The quantitative estimate of drug-likeness (QED) is 0.389. The van der Waals surface area contributed by atoms with Crippen molar-refractivity contribution >= 4 is 11.8 Å². The van der Waals surface area contributed by atoms with Crippen molar-refractivity contribution in [1.82, 2.24) is 0 Å². The molecule has 0 radical (unpaired) electrons. The Balaban J connectivity index is 1.41. The van der Waals surface area contributed by atoms with E-state index >= 15 is 0 Å². The van der Waals surface area contributed by atoms with Gasteiger partial charge in [0.15, 0.2) is 5.78 Å². The lowest BCUT2D eigenvalue weighted by molar-refractivity contribution is -0.140. The van der Waals surface area contributed by atoms with E-state index in [1.165, 1.54) is 24.3 Å². The van der Waals surface area contributed by atoms with Gasteiger partial charge in [0.25, 0.3) is 0 Å². The molecule has 0 aromatic heterocycles. The minimum atomic E-state index is -0.395. The van der Waals surface area contributed by atoms with Crippen molar-refractivity contribution in [2.75, 3.05) is 6.61 Å². The summed E-state index contributed by atoms with van der Waals surface area (Å²) in [4.78, 5) is 24.9. The summed E-state index contributed by atoms with van der Waals surface area (Å²) in [5.74, 6) is -0.208. The number of hydrogen-bond acceptors (Lipinski definition) is 4. The predicted octanol–water partition coefficient (Wildman–Crippen LogP) is 4.21. The predicted molar refractivity (Wildman–Crippen MR) is 101 cm³/mol. The first-order valence-corrected chi connectivity index (χ1v) is 8.93. The normalized spacial score (nSPS) is 15.2. The first kappa shape index (κ1) is 17.9. The van der Waals surface area contributed by atoms with Crippen molar-refractivity contribution in [3.63, 3.8) is 0 Å². The zero-order valence-corrected chi connectivity index (χ0v) is 14.9. The fraction of sp³-hybridized carbons (Fsp3) is 0.130. The number of rotatable bonds is 4. The summed E-state index contributed by atoms with van der Waals surface area (Å²) >= 11 is 0. The van der Waals surface area contributed by atoms with Crippen LogP contribution in [-0.2, 0) is 11.2 Å². The Hall–Kier alpha value is -3.47. The number of carbonyl (C=O) groups excluding carboxylic acids is 2. The summed E-state index contributed by atoms with van der Waals surface area (Å²) in [6.07, 6.45) is 0.566. The fourth-order valence-electron chi connectivity index (χ4n) is 3.12. The van der Waals surface area contributed by atoms with Crippen LogP contribution in [0.25, 0.3) is 0 Å². The molecule has 4 rings (SSSR count). The summed E-state index contributed by atoms with van der Waals surface area (Å²) in [5, 5.41) is 0. The first-order valence-electron chi connectivity index (χ1n) is 8.93. The maximum atomic E-state index is 13.0. The molecule has 0 amide bonds. The van der Waals surface area contributed by atoms with E-state index in [9.17, 15) is 14.0 Å². The number of carbonyl (C=O) groups is 2. The van der Waals surface area contributed by atoms with Gasteiger partial charge in [-0.3, -0.25) is 9.59 Å². The van der Waals surface area contributed by atoms with E-state index in [0.29, 0.717) is 23.3 Å². The van der Waals surface area contributed by atoms with Crippen LogP contribution < -0.4 is 9.47 Å². The van der Waals surface area contributed by atoms with Crippen LogP contribution in [0.1, 0.15) is 21.5 Å². The minimum Gasteiger partial charge on any atom is -0.492 e. The van der Waals surface area contributed by atoms with Crippen LogP contribution in [0.5, 0.6) is 11.5 Å². The van der Waals surface area contributed by atoms with Gasteiger partial charge in [-0.2, -0.15) is 0 Å². The number of hydrogen-bond donors (Lipinski definition) is 0. The Morgan fingerprint density at radius 3 is 2.25 bits per heavy atom. The number of esters is 1. The van der Waals surface area contributed by atoms with Gasteiger partial charge in [-0.15, -0.1) is 0 Å². The maximum Gasteiger partial charge on any atom is 0.318 e. The second-order valence-corrected chi connectivity index (χ2v) is 6.60. The molecule has 4 nitrogen and oxygen atoms in total. The molecule has 1 aliphatic heterocycles. The van der Waals surface area contributed by atoms with Crippen LogP contribution >= 0.6 is 0 Å². The third-order valence-electron chi connectivity index (χ3n) is 4.65. The molecule has 3 aromatic carbocycles. The first-order chi connectivity index (χ1) is 13.6. The van der Waals surface area contributed by atoms with Gasteiger partial charge in [-0.1, -0.05) is 18.2 Å². The molecule has 0 spiro atoms. The number of para-hydroxylation sites is 1. The van der Waals surface area contributed by atoms with E-state index in [2.05, 4.69) is 0 Å². The SMILES string of the molecule is O=C(c1ccc(F)cc1)c1ccc(OC(=O)C2COc3ccccc3C2)cc1. The van der Waals surface area contributed by atoms with Crippen LogP contribution in [0, 0.1) is 11.7 Å². The standard InChI is InChI=1S/C23H17FO4/c24-19-9-5-15(6-10-19)22(25)16-7-11-20(12-8-16)28-23(26)18-13-17-3-1-2-4-21(17)27-14-18/h1-12,18H,13-14H2. The lowest BCUT2D eigenvalue weighted by atomic mass is 9.97. The van der Waals surface area contributed by atoms with Crippen molar-refractivity contribution < 1.29 is 23.5 Å². The highest BCUT2D eigenvalue weighted by atomic mass is 19.1. The Morgan fingerprint density at radius 1 is 0.893 bits per heavy atom. The van der Waals surface area contributed by atoms with E-state index in [-0.39, 0.29) is 24.3 Å². The van der Waals surface area contributed by atoms with Gasteiger partial charge in [-0.05, 0) is 66.6 Å². The molecule has 0 saturated heterocycles. The van der Waals surface area contributed by atoms with Crippen LogP contribution in [0.4, 0.5) is 4.39 Å². The lowest BCUT2D eigenvalue weighted by Gasteiger charge is -2.23. The van der Waals surface area contributed by atoms with E-state index in [1.54, 1.807) is 24.3 Å². The third-order valence-corrected chi connectivity index (χ3v) is 4.65. The second-order valence-electron chi connectivity index (χ2n) is 6.60. The summed E-state index contributed by atoms with van der Waals surface area (Å²) in [7, 11) is 0. The fourth-order valence-corrected chi connectivity index (χ4v) is 3.12. The molecule has 1 unspecified atom stereocenters. The summed E-state index contributed by atoms with van der Waals surface area (Å²) in [5.41, 5.74) is 1.81. The zero-order chi connectivity index (χ0) is 19.5. The summed E-state index contributed by atoms with van der Waals surface area (Å²) in [6.45, 7) is 0.275. The van der Waals surface area contributed by atoms with E-state index in [4.69, 9.17) is 9.47 Å². The second kappa shape index (κ2) is 7.64. The molecule has 28 heavy (non-hydrogen) atoms. The number of fused-ring (bicyclic) bond motifs is 1. The van der Waals surface area contributed by atoms with Crippen LogP contribution in [-0.4, -0.2) is 18.4 Å². The van der Waals surface area contributed by atoms with E-state index in [0.717, 1.165) is 11.3 Å². The van der Waals surface area contributed by atoms with Gasteiger partial charge in [-0.25, -0.2) is 4.39 Å². The summed E-state index contributed by atoms with van der Waals surface area (Å²) in [6, 6.07) is 19.3. The number of ketones is 1. The van der Waals surface area contributed by atoms with Crippen molar-refractivity contribution in [3.8, 4) is 11.5 Å². The van der Waals surface area contributed by atoms with Crippen molar-refractivity contribution in [3.05, 3.63) is 95.3 Å². The highest BCUT2D eigenvalue weighted by molar-refractivity contribution is 6.09. The molecule has 0 saturated carbocycles. The van der Waals surface area contributed by atoms with Gasteiger partial charge in [0, 0.05) is 11.1 Å². The molecule has 0 fully saturated rings. The lowest BCUT2D eigenvalue weighted by Crippen LogP contribution is -2.31. The topological polar surface area (TPSA) is 52.6 Å². The Kier molecular flexibility index (Phi) is 4.89. The Morgan fingerprint density at radius 2 is 1.54 bits per heavy atom. The summed E-state index contributed by atoms with van der Waals surface area (Å²) < 4.78 is 24.1. The van der Waals surface area contributed by atoms with Crippen LogP contribution in [0.3, 0.4) is 0 Å². The smallest absolute Gasteiger partial charge is 0.318 e. The molecule has 0 bridgehead atoms.